The molecule has 2 aromatic rings. The highest BCUT2D eigenvalue weighted by molar-refractivity contribution is 5.85. The second-order valence-electron chi connectivity index (χ2n) is 3.70. The van der Waals surface area contributed by atoms with Crippen molar-refractivity contribution in [3.63, 3.8) is 0 Å². The number of hydrogen-bond acceptors (Lipinski definition) is 3. The molecule has 86 valence electrons. The van der Waals surface area contributed by atoms with Crippen LogP contribution in [0.5, 0.6) is 0 Å². The molecule has 0 aliphatic heterocycles. The van der Waals surface area contributed by atoms with Crippen LogP contribution in [0.4, 0.5) is 11.5 Å². The monoisotopic (exact) mass is 228 g/mol. The van der Waals surface area contributed by atoms with Gasteiger partial charge in [-0.3, -0.25) is 0 Å². The normalized spacial score (nSPS) is 9.94. The summed E-state index contributed by atoms with van der Waals surface area (Å²) >= 11 is 0. The van der Waals surface area contributed by atoms with E-state index in [9.17, 15) is 4.79 Å². The molecular weight excluding hydrogens is 216 g/mol. The lowest BCUT2D eigenvalue weighted by Gasteiger charge is -2.06. The van der Waals surface area contributed by atoms with Gasteiger partial charge < -0.3 is 10.4 Å². The third-order valence-electron chi connectivity index (χ3n) is 2.29. The lowest BCUT2D eigenvalue weighted by molar-refractivity contribution is 0.0690. The van der Waals surface area contributed by atoms with E-state index in [1.54, 1.807) is 12.1 Å². The third kappa shape index (κ3) is 2.81. The van der Waals surface area contributed by atoms with Gasteiger partial charge in [-0.2, -0.15) is 0 Å². The summed E-state index contributed by atoms with van der Waals surface area (Å²) in [5.41, 5.74) is 2.08. The van der Waals surface area contributed by atoms with Crippen LogP contribution in [-0.2, 0) is 0 Å². The van der Waals surface area contributed by atoms with Crippen LogP contribution >= 0.6 is 0 Å². The molecule has 0 bridgehead atoms. The van der Waals surface area contributed by atoms with Crippen LogP contribution in [0.2, 0.25) is 0 Å². The number of carboxylic acid groups (broad SMARTS) is 1. The molecule has 1 aromatic carbocycles. The summed E-state index contributed by atoms with van der Waals surface area (Å²) in [6.07, 6.45) is 0. The Kier molecular flexibility index (Phi) is 3.05. The number of hydrogen-bond donors (Lipinski definition) is 2. The Bertz CT molecular complexity index is 535. The first-order chi connectivity index (χ1) is 8.15. The fraction of sp³-hybridized carbons (Fsp3) is 0.0769. The van der Waals surface area contributed by atoms with Crippen LogP contribution in [0.3, 0.4) is 0 Å². The number of aromatic carboxylic acids is 1. The van der Waals surface area contributed by atoms with Crippen LogP contribution in [0.15, 0.2) is 42.5 Å². The van der Waals surface area contributed by atoms with Gasteiger partial charge in [-0.05, 0) is 31.2 Å². The molecule has 0 saturated heterocycles. The molecular formula is C13H12N2O2. The van der Waals surface area contributed by atoms with Crippen molar-refractivity contribution in [1.29, 1.82) is 0 Å². The van der Waals surface area contributed by atoms with Crippen molar-refractivity contribution in [1.82, 2.24) is 4.98 Å². The molecule has 0 atom stereocenters. The maximum Gasteiger partial charge on any atom is 0.354 e. The molecule has 1 aromatic heterocycles. The first kappa shape index (κ1) is 11.1. The number of nitrogens with one attached hydrogen (secondary N) is 1. The SMILES string of the molecule is Cc1ccc(Nc2cccc(C(=O)O)n2)cc1. The van der Waals surface area contributed by atoms with E-state index in [1.165, 1.54) is 11.6 Å². The van der Waals surface area contributed by atoms with Gasteiger partial charge in [-0.1, -0.05) is 23.8 Å². The Balaban J connectivity index is 2.21. The Labute approximate surface area is 98.9 Å². The second kappa shape index (κ2) is 4.65. The highest BCUT2D eigenvalue weighted by Gasteiger charge is 2.04. The number of aryl methyl sites for hydroxylation is 1. The number of pyridine rings is 1. The quantitative estimate of drug-likeness (QED) is 0.847. The summed E-state index contributed by atoms with van der Waals surface area (Å²) < 4.78 is 0. The summed E-state index contributed by atoms with van der Waals surface area (Å²) in [5.74, 6) is -0.508. The van der Waals surface area contributed by atoms with Crippen molar-refractivity contribution in [2.75, 3.05) is 5.32 Å². The smallest absolute Gasteiger partial charge is 0.354 e. The van der Waals surface area contributed by atoms with Gasteiger partial charge in [0.25, 0.3) is 0 Å². The lowest BCUT2D eigenvalue weighted by atomic mass is 10.2. The number of nitrogens with zero attached hydrogens (tertiary/aromatic N) is 1. The van der Waals surface area contributed by atoms with E-state index in [2.05, 4.69) is 10.3 Å². The van der Waals surface area contributed by atoms with Crippen molar-refractivity contribution in [3.8, 4) is 0 Å². The number of carbonyl (C=O) groups is 1. The lowest BCUT2D eigenvalue weighted by Crippen LogP contribution is -2.02. The molecule has 0 spiro atoms. The Hall–Kier alpha value is -2.36. The van der Waals surface area contributed by atoms with E-state index < -0.39 is 5.97 Å². The number of carboxylic acids is 1. The predicted molar refractivity (Wildman–Crippen MR) is 65.7 cm³/mol. The Morgan fingerprint density at radius 3 is 2.53 bits per heavy atom. The number of rotatable bonds is 3. The molecule has 0 aliphatic rings. The van der Waals surface area contributed by atoms with Gasteiger partial charge in [0.05, 0.1) is 0 Å². The first-order valence-electron chi connectivity index (χ1n) is 5.19. The van der Waals surface area contributed by atoms with Crippen LogP contribution < -0.4 is 5.32 Å². The predicted octanol–water partition coefficient (Wildman–Crippen LogP) is 2.83. The minimum absolute atomic E-state index is 0.0297. The number of aromatic nitrogens is 1. The molecule has 0 unspecified atom stereocenters. The van der Waals surface area contributed by atoms with E-state index >= 15 is 0 Å². The summed E-state index contributed by atoms with van der Waals surface area (Å²) in [5, 5.41) is 11.9. The highest BCUT2D eigenvalue weighted by atomic mass is 16.4. The molecule has 17 heavy (non-hydrogen) atoms. The van der Waals surface area contributed by atoms with Gasteiger partial charge in [-0.25, -0.2) is 9.78 Å². The van der Waals surface area contributed by atoms with Crippen molar-refractivity contribution in [2.24, 2.45) is 0 Å². The molecule has 0 fully saturated rings. The Morgan fingerprint density at radius 1 is 1.18 bits per heavy atom. The standard InChI is InChI=1S/C13H12N2O2/c1-9-5-7-10(8-6-9)14-12-4-2-3-11(15-12)13(16)17/h2-8H,1H3,(H,14,15)(H,16,17). The topological polar surface area (TPSA) is 62.2 Å². The zero-order valence-electron chi connectivity index (χ0n) is 9.34. The van der Waals surface area contributed by atoms with Gasteiger partial charge in [0.1, 0.15) is 5.82 Å². The second-order valence-corrected chi connectivity index (χ2v) is 3.70. The van der Waals surface area contributed by atoms with Gasteiger partial charge in [0, 0.05) is 5.69 Å². The molecule has 4 nitrogen and oxygen atoms in total. The number of anilines is 2. The summed E-state index contributed by atoms with van der Waals surface area (Å²) in [6, 6.07) is 12.6. The van der Waals surface area contributed by atoms with E-state index in [4.69, 9.17) is 5.11 Å². The molecule has 2 N–H and O–H groups in total. The summed E-state index contributed by atoms with van der Waals surface area (Å²) in [7, 11) is 0. The van der Waals surface area contributed by atoms with Gasteiger partial charge in [-0.15, -0.1) is 0 Å². The van der Waals surface area contributed by atoms with Crippen molar-refractivity contribution < 1.29 is 9.90 Å². The Morgan fingerprint density at radius 2 is 1.88 bits per heavy atom. The van der Waals surface area contributed by atoms with Crippen LogP contribution in [0, 0.1) is 6.92 Å². The summed E-state index contributed by atoms with van der Waals surface area (Å²) in [6.45, 7) is 2.01. The van der Waals surface area contributed by atoms with Gasteiger partial charge in [0.15, 0.2) is 5.69 Å². The third-order valence-corrected chi connectivity index (χ3v) is 2.29. The zero-order valence-corrected chi connectivity index (χ0v) is 9.34. The first-order valence-corrected chi connectivity index (χ1v) is 5.19. The van der Waals surface area contributed by atoms with Crippen LogP contribution in [0.1, 0.15) is 16.1 Å². The minimum Gasteiger partial charge on any atom is -0.477 e. The average molecular weight is 228 g/mol. The van der Waals surface area contributed by atoms with E-state index in [-0.39, 0.29) is 5.69 Å². The number of benzene rings is 1. The van der Waals surface area contributed by atoms with E-state index in [0.717, 1.165) is 5.69 Å². The van der Waals surface area contributed by atoms with E-state index in [0.29, 0.717) is 5.82 Å². The van der Waals surface area contributed by atoms with Crippen LogP contribution in [0.25, 0.3) is 0 Å². The fourth-order valence-corrected chi connectivity index (χ4v) is 1.41. The zero-order chi connectivity index (χ0) is 12.3. The molecule has 0 saturated carbocycles. The fourth-order valence-electron chi connectivity index (χ4n) is 1.41. The van der Waals surface area contributed by atoms with Crippen molar-refractivity contribution in [3.05, 3.63) is 53.7 Å². The molecule has 0 amide bonds. The summed E-state index contributed by atoms with van der Waals surface area (Å²) in [4.78, 5) is 14.7. The van der Waals surface area contributed by atoms with Crippen molar-refractivity contribution in [2.45, 2.75) is 6.92 Å². The van der Waals surface area contributed by atoms with Crippen molar-refractivity contribution >= 4 is 17.5 Å². The molecule has 4 heteroatoms. The van der Waals surface area contributed by atoms with Gasteiger partial charge in [0.2, 0.25) is 0 Å². The van der Waals surface area contributed by atoms with Gasteiger partial charge >= 0.3 is 5.97 Å². The maximum atomic E-state index is 10.8. The largest absolute Gasteiger partial charge is 0.477 e. The van der Waals surface area contributed by atoms with Crippen LogP contribution in [-0.4, -0.2) is 16.1 Å². The minimum atomic E-state index is -1.03. The molecule has 1 heterocycles. The molecule has 0 radical (unpaired) electrons. The molecule has 0 aliphatic carbocycles. The average Bonchev–Trinajstić information content (AvgIpc) is 2.32. The highest BCUT2D eigenvalue weighted by Crippen LogP contribution is 2.15. The maximum absolute atomic E-state index is 10.8. The molecule has 2 rings (SSSR count). The van der Waals surface area contributed by atoms with E-state index in [1.807, 2.05) is 31.2 Å².